The Morgan fingerprint density at radius 2 is 1.78 bits per heavy atom. The summed E-state index contributed by atoms with van der Waals surface area (Å²) < 4.78 is 14.3. The number of benzene rings is 1. The van der Waals surface area contributed by atoms with Gasteiger partial charge in [-0.05, 0) is 25.0 Å². The van der Waals surface area contributed by atoms with Crippen molar-refractivity contribution in [1.29, 1.82) is 0 Å². The highest BCUT2D eigenvalue weighted by Gasteiger charge is 2.24. The third-order valence-electron chi connectivity index (χ3n) is 2.98. The lowest BCUT2D eigenvalue weighted by atomic mass is 10.2. The van der Waals surface area contributed by atoms with Gasteiger partial charge in [0.05, 0.1) is 6.54 Å². The molecule has 0 bridgehead atoms. The second kappa shape index (κ2) is 5.61. The Bertz CT molecular complexity index is 472. The van der Waals surface area contributed by atoms with Gasteiger partial charge in [0.2, 0.25) is 11.8 Å². The van der Waals surface area contributed by atoms with Crippen LogP contribution in [-0.2, 0) is 16.1 Å². The van der Waals surface area contributed by atoms with Crippen LogP contribution in [0.2, 0.25) is 0 Å². The molecule has 2 rings (SSSR count). The van der Waals surface area contributed by atoms with E-state index in [0.717, 1.165) is 12.8 Å². The van der Waals surface area contributed by atoms with Crippen molar-refractivity contribution < 1.29 is 14.0 Å². The summed E-state index contributed by atoms with van der Waals surface area (Å²) >= 11 is 3.17. The minimum absolute atomic E-state index is 0.0246. The van der Waals surface area contributed by atoms with Crippen LogP contribution in [0.1, 0.15) is 31.2 Å². The molecule has 1 aliphatic heterocycles. The van der Waals surface area contributed by atoms with Gasteiger partial charge in [-0.3, -0.25) is 14.5 Å². The molecule has 1 saturated heterocycles. The standard InChI is InChI=1S/C13H13BrFNO2/c14-10-6-5-9(11(15)7-10)8-16-12(17)3-1-2-4-13(16)18/h5-7H,1-4,8H2. The van der Waals surface area contributed by atoms with E-state index in [0.29, 0.717) is 22.9 Å². The van der Waals surface area contributed by atoms with Gasteiger partial charge in [-0.2, -0.15) is 0 Å². The van der Waals surface area contributed by atoms with E-state index in [-0.39, 0.29) is 18.4 Å². The van der Waals surface area contributed by atoms with Crippen LogP contribution in [0.4, 0.5) is 4.39 Å². The van der Waals surface area contributed by atoms with Gasteiger partial charge in [-0.1, -0.05) is 22.0 Å². The van der Waals surface area contributed by atoms with Crippen LogP contribution in [0.5, 0.6) is 0 Å². The van der Waals surface area contributed by atoms with Gasteiger partial charge < -0.3 is 0 Å². The number of halogens is 2. The second-order valence-corrected chi connectivity index (χ2v) is 5.23. The van der Waals surface area contributed by atoms with Gasteiger partial charge in [0.1, 0.15) is 5.82 Å². The average molecular weight is 314 g/mol. The summed E-state index contributed by atoms with van der Waals surface area (Å²) in [5, 5.41) is 0. The molecule has 3 nitrogen and oxygen atoms in total. The number of hydrogen-bond acceptors (Lipinski definition) is 2. The zero-order valence-electron chi connectivity index (χ0n) is 9.79. The fourth-order valence-corrected chi connectivity index (χ4v) is 2.29. The highest BCUT2D eigenvalue weighted by molar-refractivity contribution is 9.10. The molecule has 1 aromatic rings. The SMILES string of the molecule is O=C1CCCCC(=O)N1Cc1ccc(Br)cc1F. The van der Waals surface area contributed by atoms with Crippen LogP contribution in [0, 0.1) is 5.82 Å². The van der Waals surface area contributed by atoms with Crippen LogP contribution >= 0.6 is 15.9 Å². The van der Waals surface area contributed by atoms with E-state index in [1.165, 1.54) is 11.0 Å². The monoisotopic (exact) mass is 313 g/mol. The molecular weight excluding hydrogens is 301 g/mol. The van der Waals surface area contributed by atoms with Crippen molar-refractivity contribution in [3.05, 3.63) is 34.1 Å². The first kappa shape index (κ1) is 13.2. The molecule has 1 aliphatic rings. The second-order valence-electron chi connectivity index (χ2n) is 4.32. The summed E-state index contributed by atoms with van der Waals surface area (Å²) in [7, 11) is 0. The number of rotatable bonds is 2. The van der Waals surface area contributed by atoms with E-state index >= 15 is 0 Å². The van der Waals surface area contributed by atoms with Crippen LogP contribution in [-0.4, -0.2) is 16.7 Å². The van der Waals surface area contributed by atoms with Crippen molar-refractivity contribution in [3.8, 4) is 0 Å². The number of imide groups is 1. The van der Waals surface area contributed by atoms with Crippen molar-refractivity contribution in [1.82, 2.24) is 4.90 Å². The summed E-state index contributed by atoms with van der Waals surface area (Å²) in [5.41, 5.74) is 0.363. The minimum Gasteiger partial charge on any atom is -0.278 e. The van der Waals surface area contributed by atoms with Crippen molar-refractivity contribution in [2.75, 3.05) is 0 Å². The quantitative estimate of drug-likeness (QED) is 0.787. The Morgan fingerprint density at radius 3 is 2.33 bits per heavy atom. The van der Waals surface area contributed by atoms with Crippen LogP contribution in [0.15, 0.2) is 22.7 Å². The Morgan fingerprint density at radius 1 is 1.17 bits per heavy atom. The molecule has 18 heavy (non-hydrogen) atoms. The number of carbonyl (C=O) groups excluding carboxylic acids is 2. The number of nitrogens with zero attached hydrogens (tertiary/aromatic N) is 1. The zero-order chi connectivity index (χ0) is 13.1. The molecule has 0 radical (unpaired) electrons. The molecule has 1 aromatic carbocycles. The van der Waals surface area contributed by atoms with Crippen LogP contribution < -0.4 is 0 Å². The highest BCUT2D eigenvalue weighted by Crippen LogP contribution is 2.20. The van der Waals surface area contributed by atoms with Crippen LogP contribution in [0.3, 0.4) is 0 Å². The molecule has 0 saturated carbocycles. The van der Waals surface area contributed by atoms with Gasteiger partial charge >= 0.3 is 0 Å². The molecule has 96 valence electrons. The largest absolute Gasteiger partial charge is 0.278 e. The number of carbonyl (C=O) groups is 2. The summed E-state index contributed by atoms with van der Waals surface area (Å²) in [4.78, 5) is 24.7. The summed E-state index contributed by atoms with van der Waals surface area (Å²) in [6.45, 7) is 0.0246. The molecule has 2 amide bonds. The molecule has 0 aromatic heterocycles. The molecule has 1 heterocycles. The topological polar surface area (TPSA) is 37.4 Å². The maximum Gasteiger partial charge on any atom is 0.229 e. The summed E-state index contributed by atoms with van der Waals surface area (Å²) in [6.07, 6.45) is 2.18. The number of amides is 2. The predicted molar refractivity (Wildman–Crippen MR) is 68.1 cm³/mol. The van der Waals surface area contributed by atoms with E-state index in [1.807, 2.05) is 0 Å². The predicted octanol–water partition coefficient (Wildman–Crippen LogP) is 3.02. The normalized spacial score (nSPS) is 16.9. The van der Waals surface area contributed by atoms with Gasteiger partial charge in [0, 0.05) is 22.9 Å². The molecular formula is C13H13BrFNO2. The lowest BCUT2D eigenvalue weighted by molar-refractivity contribution is -0.144. The molecule has 0 aliphatic carbocycles. The van der Waals surface area contributed by atoms with Crippen molar-refractivity contribution in [3.63, 3.8) is 0 Å². The molecule has 0 spiro atoms. The summed E-state index contributed by atoms with van der Waals surface area (Å²) in [5.74, 6) is -0.825. The minimum atomic E-state index is -0.408. The van der Waals surface area contributed by atoms with Crippen LogP contribution in [0.25, 0.3) is 0 Å². The average Bonchev–Trinajstić information content (AvgIpc) is 2.47. The van der Waals surface area contributed by atoms with Crippen molar-refractivity contribution >= 4 is 27.7 Å². The zero-order valence-corrected chi connectivity index (χ0v) is 11.4. The van der Waals surface area contributed by atoms with E-state index in [4.69, 9.17) is 0 Å². The van der Waals surface area contributed by atoms with Gasteiger partial charge in [-0.15, -0.1) is 0 Å². The Balaban J connectivity index is 2.20. The van der Waals surface area contributed by atoms with E-state index < -0.39 is 5.82 Å². The molecule has 5 heteroatoms. The van der Waals surface area contributed by atoms with E-state index in [9.17, 15) is 14.0 Å². The third-order valence-corrected chi connectivity index (χ3v) is 3.47. The fourth-order valence-electron chi connectivity index (χ4n) is 1.96. The number of hydrogen-bond donors (Lipinski definition) is 0. The van der Waals surface area contributed by atoms with Gasteiger partial charge in [0.25, 0.3) is 0 Å². The van der Waals surface area contributed by atoms with Gasteiger partial charge in [0.15, 0.2) is 0 Å². The Kier molecular flexibility index (Phi) is 4.11. The first-order valence-corrected chi connectivity index (χ1v) is 6.64. The first-order chi connectivity index (χ1) is 8.58. The molecule has 0 N–H and O–H groups in total. The summed E-state index contributed by atoms with van der Waals surface area (Å²) in [6, 6.07) is 4.62. The fraction of sp³-hybridized carbons (Fsp3) is 0.385. The number of likely N-dealkylation sites (tertiary alicyclic amines) is 1. The van der Waals surface area contributed by atoms with E-state index in [1.54, 1.807) is 12.1 Å². The first-order valence-electron chi connectivity index (χ1n) is 5.85. The van der Waals surface area contributed by atoms with Gasteiger partial charge in [-0.25, -0.2) is 4.39 Å². The smallest absolute Gasteiger partial charge is 0.229 e. The lowest BCUT2D eigenvalue weighted by Crippen LogP contribution is -2.34. The maximum absolute atomic E-state index is 13.7. The molecule has 0 atom stereocenters. The highest BCUT2D eigenvalue weighted by atomic mass is 79.9. The Hall–Kier alpha value is -1.23. The van der Waals surface area contributed by atoms with E-state index in [2.05, 4.69) is 15.9 Å². The molecule has 0 unspecified atom stereocenters. The maximum atomic E-state index is 13.7. The lowest BCUT2D eigenvalue weighted by Gasteiger charge is -2.19. The van der Waals surface area contributed by atoms with Crippen molar-refractivity contribution in [2.24, 2.45) is 0 Å². The molecule has 1 fully saturated rings. The third kappa shape index (κ3) is 2.96. The van der Waals surface area contributed by atoms with Crippen molar-refractivity contribution in [2.45, 2.75) is 32.2 Å². The Labute approximate surface area is 113 Å².